The van der Waals surface area contributed by atoms with Crippen molar-refractivity contribution in [3.05, 3.63) is 243 Å². The maximum Gasteiger partial charge on any atom is -0.00139 e. The summed E-state index contributed by atoms with van der Waals surface area (Å²) < 4.78 is 0. The van der Waals surface area contributed by atoms with Gasteiger partial charge in [0, 0.05) is 0 Å². The standard InChI is InChI=1S/C72H40/c1-5-13-45-33-49(21-17-41(45)9-1)61-37-65-57-29-25-53-55-27-31-59-67-39-63(51-23-19-43-11-3-7-15-47(43)35-51)64(52-24-20-44-12-4-8-16-48(44)36-52)40-68(67)60-32-28-56(70(55)72(59)60)54-26-30-58(71(57)69(53)54)66(65)38-62(61)50-22-18-42-10-2-6-14-46(42)34-50/h1-40H. The van der Waals surface area contributed by atoms with Gasteiger partial charge in [0.15, 0.2) is 0 Å². The molecular weight excluding hydrogens is 865 g/mol. The zero-order valence-electron chi connectivity index (χ0n) is 39.1. The van der Waals surface area contributed by atoms with Crippen LogP contribution in [0.5, 0.6) is 0 Å². The molecular formula is C72H40. The first-order valence-electron chi connectivity index (χ1n) is 25.2. The molecule has 0 aromatic heterocycles. The average Bonchev–Trinajstić information content (AvgIpc) is 3.94. The quantitative estimate of drug-likeness (QED) is 0.122. The maximum atomic E-state index is 2.50. The Morgan fingerprint density at radius 1 is 0.139 bits per heavy atom. The van der Waals surface area contributed by atoms with E-state index in [0.717, 1.165) is 0 Å². The SMILES string of the molecule is c1ccc2cc(-c3cc4c(cc3-c3ccc5ccccc5c3)-c3ccc5c6ccc7c8c(ccc(c9ccc-4c3c95)c86)-c3cc(-c4ccc5ccccc5c4)c(-c4ccc5ccccc5c4)cc3-7)ccc2c1. The third-order valence-electron chi connectivity index (χ3n) is 16.6. The predicted octanol–water partition coefficient (Wildman–Crippen LogP) is 20.3. The Labute approximate surface area is 415 Å². The van der Waals surface area contributed by atoms with E-state index in [9.17, 15) is 0 Å². The zero-order chi connectivity index (χ0) is 46.8. The highest BCUT2D eigenvalue weighted by atomic mass is 14.3. The highest BCUT2D eigenvalue weighted by molar-refractivity contribution is 6.40. The van der Waals surface area contributed by atoms with Crippen LogP contribution in [0.1, 0.15) is 0 Å². The molecule has 0 N–H and O–H groups in total. The van der Waals surface area contributed by atoms with Crippen molar-refractivity contribution in [1.82, 2.24) is 0 Å². The van der Waals surface area contributed by atoms with E-state index in [-0.39, 0.29) is 0 Å². The lowest BCUT2D eigenvalue weighted by Gasteiger charge is -2.16. The van der Waals surface area contributed by atoms with Gasteiger partial charge < -0.3 is 0 Å². The van der Waals surface area contributed by atoms with Gasteiger partial charge in [-0.15, -0.1) is 0 Å². The smallest absolute Gasteiger partial charge is 0.00139 e. The molecule has 0 saturated carbocycles. The van der Waals surface area contributed by atoms with E-state index in [1.165, 1.54) is 175 Å². The Hall–Kier alpha value is -9.36. The van der Waals surface area contributed by atoms with Gasteiger partial charge in [-0.1, -0.05) is 194 Å². The van der Waals surface area contributed by atoms with Gasteiger partial charge in [-0.3, -0.25) is 0 Å². The van der Waals surface area contributed by atoms with Gasteiger partial charge >= 0.3 is 0 Å². The van der Waals surface area contributed by atoms with Crippen LogP contribution in [0.25, 0.3) is 175 Å². The third-order valence-corrected chi connectivity index (χ3v) is 16.6. The van der Waals surface area contributed by atoms with E-state index in [0.29, 0.717) is 0 Å². The molecule has 0 heteroatoms. The largest absolute Gasteiger partial charge is 0.0616 e. The minimum atomic E-state index is 1.23. The second-order valence-corrected chi connectivity index (χ2v) is 20.3. The van der Waals surface area contributed by atoms with Crippen LogP contribution < -0.4 is 0 Å². The van der Waals surface area contributed by atoms with Crippen molar-refractivity contribution >= 4 is 86.2 Å². The Bertz CT molecular complexity index is 4300. The molecule has 2 aliphatic rings. The van der Waals surface area contributed by atoms with Crippen LogP contribution in [0, 0.1) is 0 Å². The zero-order valence-corrected chi connectivity index (χ0v) is 39.1. The van der Waals surface area contributed by atoms with Crippen molar-refractivity contribution in [2.75, 3.05) is 0 Å². The minimum absolute atomic E-state index is 1.23. The summed E-state index contributed by atoms with van der Waals surface area (Å²) in [5, 5.41) is 20.8. The summed E-state index contributed by atoms with van der Waals surface area (Å²) in [6.07, 6.45) is 0. The van der Waals surface area contributed by atoms with Crippen LogP contribution in [0.2, 0.25) is 0 Å². The molecule has 17 rings (SSSR count). The Morgan fingerprint density at radius 3 is 0.625 bits per heavy atom. The molecule has 0 unspecified atom stereocenters. The summed E-state index contributed by atoms with van der Waals surface area (Å²) in [6, 6.07) is 92.1. The second-order valence-electron chi connectivity index (χ2n) is 20.3. The molecule has 0 heterocycles. The first-order valence-corrected chi connectivity index (χ1v) is 25.2. The summed E-state index contributed by atoms with van der Waals surface area (Å²) in [5.41, 5.74) is 20.5. The normalized spacial score (nSPS) is 12.4. The molecule has 0 nitrogen and oxygen atoms in total. The number of hydrogen-bond acceptors (Lipinski definition) is 0. The molecule has 0 aliphatic heterocycles. The third kappa shape index (κ3) is 5.25. The number of rotatable bonds is 4. The predicted molar refractivity (Wildman–Crippen MR) is 308 cm³/mol. The lowest BCUT2D eigenvalue weighted by molar-refractivity contribution is 1.61. The van der Waals surface area contributed by atoms with Gasteiger partial charge in [-0.2, -0.15) is 0 Å². The molecule has 72 heavy (non-hydrogen) atoms. The maximum absolute atomic E-state index is 2.50. The van der Waals surface area contributed by atoms with E-state index >= 15 is 0 Å². The van der Waals surface area contributed by atoms with Gasteiger partial charge in [0.1, 0.15) is 0 Å². The first-order chi connectivity index (χ1) is 35.7. The van der Waals surface area contributed by atoms with Crippen molar-refractivity contribution < 1.29 is 0 Å². The summed E-state index contributed by atoms with van der Waals surface area (Å²) in [4.78, 5) is 0. The Kier molecular flexibility index (Phi) is 7.55. The average molecular weight is 905 g/mol. The molecule has 0 atom stereocenters. The molecule has 0 bridgehead atoms. The van der Waals surface area contributed by atoms with E-state index in [2.05, 4.69) is 243 Å². The minimum Gasteiger partial charge on any atom is -0.0616 e. The summed E-state index contributed by atoms with van der Waals surface area (Å²) in [6.45, 7) is 0. The van der Waals surface area contributed by atoms with Crippen molar-refractivity contribution in [3.8, 4) is 89.0 Å². The summed E-state index contributed by atoms with van der Waals surface area (Å²) in [5.74, 6) is 0. The monoisotopic (exact) mass is 904 g/mol. The fourth-order valence-corrected chi connectivity index (χ4v) is 13.3. The van der Waals surface area contributed by atoms with Crippen molar-refractivity contribution in [2.24, 2.45) is 0 Å². The van der Waals surface area contributed by atoms with E-state index in [1.807, 2.05) is 0 Å². The van der Waals surface area contributed by atoms with E-state index < -0.39 is 0 Å². The molecule has 15 aromatic rings. The van der Waals surface area contributed by atoms with Gasteiger partial charge in [-0.05, 0) is 224 Å². The molecule has 0 spiro atoms. The molecule has 0 fully saturated rings. The van der Waals surface area contributed by atoms with Gasteiger partial charge in [-0.25, -0.2) is 0 Å². The summed E-state index contributed by atoms with van der Waals surface area (Å²) in [7, 11) is 0. The van der Waals surface area contributed by atoms with Crippen LogP contribution in [0.15, 0.2) is 243 Å². The van der Waals surface area contributed by atoms with Crippen molar-refractivity contribution in [2.45, 2.75) is 0 Å². The molecule has 15 aromatic carbocycles. The number of hydrogen-bond donors (Lipinski definition) is 0. The fraction of sp³-hybridized carbons (Fsp3) is 0. The van der Waals surface area contributed by atoms with Crippen LogP contribution >= 0.6 is 0 Å². The molecule has 0 saturated heterocycles. The molecule has 2 aliphatic carbocycles. The van der Waals surface area contributed by atoms with Crippen molar-refractivity contribution in [3.63, 3.8) is 0 Å². The molecule has 0 radical (unpaired) electrons. The van der Waals surface area contributed by atoms with Crippen LogP contribution in [0.3, 0.4) is 0 Å². The van der Waals surface area contributed by atoms with Gasteiger partial charge in [0.05, 0.1) is 0 Å². The number of benzene rings is 15. The molecule has 0 amide bonds. The van der Waals surface area contributed by atoms with Crippen LogP contribution in [-0.2, 0) is 0 Å². The summed E-state index contributed by atoms with van der Waals surface area (Å²) >= 11 is 0. The Balaban J connectivity index is 0.884. The lowest BCUT2D eigenvalue weighted by atomic mass is 9.86. The highest BCUT2D eigenvalue weighted by Crippen LogP contribution is 2.58. The van der Waals surface area contributed by atoms with Crippen LogP contribution in [-0.4, -0.2) is 0 Å². The van der Waals surface area contributed by atoms with E-state index in [4.69, 9.17) is 0 Å². The number of fused-ring (bicyclic) bond motifs is 12. The first kappa shape index (κ1) is 38.5. The van der Waals surface area contributed by atoms with Gasteiger partial charge in [0.25, 0.3) is 0 Å². The lowest BCUT2D eigenvalue weighted by Crippen LogP contribution is -1.89. The second kappa shape index (κ2) is 14.1. The van der Waals surface area contributed by atoms with Crippen LogP contribution in [0.4, 0.5) is 0 Å². The fourth-order valence-electron chi connectivity index (χ4n) is 13.3. The molecule has 328 valence electrons. The Morgan fingerprint density at radius 2 is 0.375 bits per heavy atom. The topological polar surface area (TPSA) is 0 Å². The van der Waals surface area contributed by atoms with Crippen molar-refractivity contribution in [1.29, 1.82) is 0 Å². The van der Waals surface area contributed by atoms with E-state index in [1.54, 1.807) is 0 Å². The highest BCUT2D eigenvalue weighted by Gasteiger charge is 2.30. The van der Waals surface area contributed by atoms with Gasteiger partial charge in [0.2, 0.25) is 0 Å².